The molecule has 3 aromatic rings. The molecule has 29 heavy (non-hydrogen) atoms. The van der Waals surface area contributed by atoms with Crippen LogP contribution in [0.1, 0.15) is 62.2 Å². The molecule has 4 rings (SSSR count). The minimum absolute atomic E-state index is 0.0508. The van der Waals surface area contributed by atoms with Gasteiger partial charge in [0.05, 0.1) is 5.69 Å². The normalized spacial score (nSPS) is 16.8. The van der Waals surface area contributed by atoms with Gasteiger partial charge in [0, 0.05) is 30.4 Å². The topological polar surface area (TPSA) is 59.0 Å². The lowest BCUT2D eigenvalue weighted by molar-refractivity contribution is 0.0710. The highest BCUT2D eigenvalue weighted by Gasteiger charge is 2.28. The number of carbonyl (C=O) groups is 1. The van der Waals surface area contributed by atoms with Gasteiger partial charge in [0.15, 0.2) is 0 Å². The molecule has 5 nitrogen and oxygen atoms in total. The second-order valence-electron chi connectivity index (χ2n) is 7.99. The van der Waals surface area contributed by atoms with Crippen LogP contribution in [0.15, 0.2) is 36.4 Å². The molecule has 3 heterocycles. The Morgan fingerprint density at radius 2 is 2.03 bits per heavy atom. The summed E-state index contributed by atoms with van der Waals surface area (Å²) in [4.78, 5) is 20.3. The van der Waals surface area contributed by atoms with E-state index in [1.165, 1.54) is 28.2 Å². The number of piperidine rings is 1. The fourth-order valence-electron chi connectivity index (χ4n) is 4.11. The molecule has 2 aromatic heterocycles. The van der Waals surface area contributed by atoms with Gasteiger partial charge in [0.25, 0.3) is 5.91 Å². The summed E-state index contributed by atoms with van der Waals surface area (Å²) >= 11 is 1.19. The molecule has 1 aliphatic rings. The Morgan fingerprint density at radius 1 is 1.17 bits per heavy atom. The highest BCUT2D eigenvalue weighted by Crippen LogP contribution is 2.29. The van der Waals surface area contributed by atoms with E-state index >= 15 is 0 Å². The maximum absolute atomic E-state index is 12.9. The molecule has 0 spiro atoms. The molecule has 1 unspecified atom stereocenters. The van der Waals surface area contributed by atoms with Crippen LogP contribution in [-0.4, -0.2) is 38.5 Å². The molecule has 1 fully saturated rings. The average molecular weight is 407 g/mol. The van der Waals surface area contributed by atoms with Gasteiger partial charge in [0.2, 0.25) is 0 Å². The molecule has 150 valence electrons. The van der Waals surface area contributed by atoms with Gasteiger partial charge in [-0.25, -0.2) is 0 Å². The summed E-state index contributed by atoms with van der Waals surface area (Å²) in [6.45, 7) is 7.52. The summed E-state index contributed by atoms with van der Waals surface area (Å²) in [5.74, 6) is 0.319. The van der Waals surface area contributed by atoms with E-state index in [1.807, 2.05) is 11.8 Å². The van der Waals surface area contributed by atoms with Gasteiger partial charge in [-0.15, -0.1) is 5.10 Å². The molecule has 0 bridgehead atoms. The summed E-state index contributed by atoms with van der Waals surface area (Å²) in [5, 5.41) is 3.99. The second-order valence-corrected chi connectivity index (χ2v) is 8.74. The Kier molecular flexibility index (Phi) is 5.72. The van der Waals surface area contributed by atoms with Gasteiger partial charge in [0.1, 0.15) is 4.88 Å². The number of amides is 1. The van der Waals surface area contributed by atoms with Crippen molar-refractivity contribution in [2.75, 3.05) is 13.1 Å². The Balaban J connectivity index is 1.53. The number of pyridine rings is 1. The first-order valence-electron chi connectivity index (χ1n) is 10.1. The van der Waals surface area contributed by atoms with Crippen LogP contribution in [0.5, 0.6) is 0 Å². The largest absolute Gasteiger partial charge is 0.337 e. The predicted molar refractivity (Wildman–Crippen MR) is 115 cm³/mol. The molecular weight excluding hydrogens is 380 g/mol. The van der Waals surface area contributed by atoms with Crippen molar-refractivity contribution < 1.29 is 4.79 Å². The smallest absolute Gasteiger partial charge is 0.267 e. The van der Waals surface area contributed by atoms with Crippen LogP contribution < -0.4 is 0 Å². The quantitative estimate of drug-likeness (QED) is 0.641. The van der Waals surface area contributed by atoms with Crippen molar-refractivity contribution in [3.8, 4) is 0 Å². The average Bonchev–Trinajstić information content (AvgIpc) is 3.13. The third kappa shape index (κ3) is 4.53. The van der Waals surface area contributed by atoms with E-state index in [0.29, 0.717) is 11.4 Å². The Bertz CT molecular complexity index is 1030. The van der Waals surface area contributed by atoms with E-state index in [2.05, 4.69) is 59.8 Å². The fraction of sp³-hybridized carbons (Fsp3) is 0.391. The van der Waals surface area contributed by atoms with E-state index in [4.69, 9.17) is 4.98 Å². The van der Waals surface area contributed by atoms with Crippen LogP contribution in [0.2, 0.25) is 0 Å². The van der Waals surface area contributed by atoms with Gasteiger partial charge in [-0.1, -0.05) is 34.3 Å². The lowest BCUT2D eigenvalue weighted by atomic mass is 9.92. The zero-order chi connectivity index (χ0) is 20.4. The van der Waals surface area contributed by atoms with Gasteiger partial charge < -0.3 is 4.90 Å². The molecule has 1 aliphatic heterocycles. The summed E-state index contributed by atoms with van der Waals surface area (Å²) in [7, 11) is 0. The number of aryl methyl sites for hydroxylation is 3. The number of hydrogen-bond donors (Lipinski definition) is 0. The SMILES string of the molecule is Cc1cccc(Cc2cc(C)nc(C3CCCN(C(=O)c4snnc4C)C3)c2)c1. The summed E-state index contributed by atoms with van der Waals surface area (Å²) in [6.07, 6.45) is 2.95. The minimum Gasteiger partial charge on any atom is -0.337 e. The summed E-state index contributed by atoms with van der Waals surface area (Å²) in [6, 6.07) is 13.1. The molecule has 1 atom stereocenters. The van der Waals surface area contributed by atoms with Gasteiger partial charge in [-0.05, 0) is 74.8 Å². The van der Waals surface area contributed by atoms with Crippen molar-refractivity contribution in [2.45, 2.75) is 46.0 Å². The van der Waals surface area contributed by atoms with Crippen molar-refractivity contribution in [2.24, 2.45) is 0 Å². The molecule has 6 heteroatoms. The Labute approximate surface area is 176 Å². The van der Waals surface area contributed by atoms with Crippen molar-refractivity contribution in [1.29, 1.82) is 0 Å². The molecule has 0 radical (unpaired) electrons. The van der Waals surface area contributed by atoms with Crippen LogP contribution in [0.4, 0.5) is 0 Å². The number of rotatable bonds is 4. The third-order valence-electron chi connectivity index (χ3n) is 5.50. The number of hydrogen-bond acceptors (Lipinski definition) is 5. The molecule has 1 amide bonds. The third-order valence-corrected chi connectivity index (χ3v) is 6.31. The number of likely N-dealkylation sites (tertiary alicyclic amines) is 1. The van der Waals surface area contributed by atoms with Crippen LogP contribution in [0.25, 0.3) is 0 Å². The Morgan fingerprint density at radius 3 is 2.79 bits per heavy atom. The molecule has 1 aromatic carbocycles. The van der Waals surface area contributed by atoms with Crippen molar-refractivity contribution in [3.63, 3.8) is 0 Å². The molecular formula is C23H26N4OS. The van der Waals surface area contributed by atoms with Crippen molar-refractivity contribution in [1.82, 2.24) is 19.5 Å². The van der Waals surface area contributed by atoms with Gasteiger partial charge >= 0.3 is 0 Å². The number of carbonyl (C=O) groups excluding carboxylic acids is 1. The van der Waals surface area contributed by atoms with Gasteiger partial charge in [-0.2, -0.15) is 0 Å². The van der Waals surface area contributed by atoms with E-state index < -0.39 is 0 Å². The summed E-state index contributed by atoms with van der Waals surface area (Å²) < 4.78 is 3.92. The van der Waals surface area contributed by atoms with E-state index in [9.17, 15) is 4.79 Å². The highest BCUT2D eigenvalue weighted by atomic mass is 32.1. The maximum atomic E-state index is 12.9. The van der Waals surface area contributed by atoms with E-state index in [-0.39, 0.29) is 11.8 Å². The van der Waals surface area contributed by atoms with E-state index in [1.54, 1.807) is 0 Å². The van der Waals surface area contributed by atoms with Gasteiger partial charge in [-0.3, -0.25) is 9.78 Å². The van der Waals surface area contributed by atoms with Crippen molar-refractivity contribution >= 4 is 17.4 Å². The molecule has 0 N–H and O–H groups in total. The number of nitrogens with zero attached hydrogens (tertiary/aromatic N) is 4. The first-order valence-corrected chi connectivity index (χ1v) is 10.9. The zero-order valence-corrected chi connectivity index (χ0v) is 18.0. The van der Waals surface area contributed by atoms with Crippen LogP contribution in [0, 0.1) is 20.8 Å². The maximum Gasteiger partial charge on any atom is 0.267 e. The molecule has 1 saturated heterocycles. The van der Waals surface area contributed by atoms with Crippen LogP contribution in [-0.2, 0) is 6.42 Å². The lowest BCUT2D eigenvalue weighted by Crippen LogP contribution is -2.39. The summed E-state index contributed by atoms with van der Waals surface area (Å²) in [5.41, 5.74) is 6.73. The first kappa shape index (κ1) is 19.7. The second kappa shape index (κ2) is 8.41. The predicted octanol–water partition coefficient (Wildman–Crippen LogP) is 4.47. The van der Waals surface area contributed by atoms with Crippen LogP contribution in [0.3, 0.4) is 0 Å². The first-order chi connectivity index (χ1) is 14.0. The fourth-order valence-corrected chi connectivity index (χ4v) is 4.74. The number of benzene rings is 1. The Hall–Kier alpha value is -2.60. The molecule has 0 aliphatic carbocycles. The monoisotopic (exact) mass is 406 g/mol. The standard InChI is InChI=1S/C23H26N4OS/c1-15-6-4-7-18(10-15)12-19-11-16(2)24-21(13-19)20-8-5-9-27(14-20)23(28)22-17(3)25-26-29-22/h4,6-7,10-11,13,20H,5,8-9,12,14H2,1-3H3. The number of aromatic nitrogens is 3. The minimum atomic E-state index is 0.0508. The zero-order valence-electron chi connectivity index (χ0n) is 17.2. The lowest BCUT2D eigenvalue weighted by Gasteiger charge is -2.32. The van der Waals surface area contributed by atoms with Crippen molar-refractivity contribution in [3.05, 3.63) is 75.0 Å². The molecule has 0 saturated carbocycles. The van der Waals surface area contributed by atoms with Crippen LogP contribution >= 0.6 is 11.5 Å². The highest BCUT2D eigenvalue weighted by molar-refractivity contribution is 7.07. The van der Waals surface area contributed by atoms with E-state index in [0.717, 1.165) is 42.9 Å².